The number of rotatable bonds is 4. The summed E-state index contributed by atoms with van der Waals surface area (Å²) in [6, 6.07) is 11.9. The first-order valence-electron chi connectivity index (χ1n) is 16.9. The monoisotopic (exact) mass is 612 g/mol. The fourth-order valence-corrected chi connectivity index (χ4v) is 8.87. The lowest BCUT2D eigenvalue weighted by atomic mass is 9.80. The maximum Gasteiger partial charge on any atom is 0.261 e. The van der Waals surface area contributed by atoms with Crippen LogP contribution in [-0.4, -0.2) is 72.7 Å². The highest BCUT2D eigenvalue weighted by molar-refractivity contribution is 6.44. The van der Waals surface area contributed by atoms with Gasteiger partial charge in [-0.25, -0.2) is 0 Å². The third kappa shape index (κ3) is 3.44. The number of benzene rings is 5. The highest BCUT2D eigenvalue weighted by atomic mass is 16.2. The van der Waals surface area contributed by atoms with E-state index in [2.05, 4.69) is 21.9 Å². The van der Waals surface area contributed by atoms with Crippen LogP contribution in [0.15, 0.2) is 36.4 Å². The molecule has 5 aromatic rings. The fraction of sp³-hybridized carbons (Fsp3) is 0.368. The molecular formula is C38H36N4O4. The van der Waals surface area contributed by atoms with E-state index in [1.807, 2.05) is 38.1 Å². The minimum atomic E-state index is -0.258. The van der Waals surface area contributed by atoms with Gasteiger partial charge in [0.25, 0.3) is 23.6 Å². The predicted octanol–water partition coefficient (Wildman–Crippen LogP) is 6.95. The largest absolute Gasteiger partial charge is 0.371 e. The van der Waals surface area contributed by atoms with Crippen molar-refractivity contribution in [3.05, 3.63) is 58.7 Å². The van der Waals surface area contributed by atoms with Gasteiger partial charge in [-0.3, -0.25) is 29.0 Å². The smallest absolute Gasteiger partial charge is 0.261 e. The van der Waals surface area contributed by atoms with Crippen LogP contribution in [0.25, 0.3) is 43.1 Å². The molecule has 2 fully saturated rings. The molecule has 0 aliphatic carbocycles. The standard InChI is InChI=1S/C38H36N4O4/c1-3-41-35(43)23-13-11-21-32-28(40-17-9-6-10-18-40)20-26-30-24(36(44)42(4-2)38(26)46)14-12-22(34(30)32)31-27(39-15-7-5-8-16-39)19-25(37(41)45)29(23)33(21)31/h11-14,19-20H,3-10,15-18H2,1-2H3. The topological polar surface area (TPSA) is 81.2 Å². The first-order valence-corrected chi connectivity index (χ1v) is 16.9. The Labute approximate surface area is 266 Å². The van der Waals surface area contributed by atoms with Gasteiger partial charge in [0.05, 0.1) is 11.1 Å². The van der Waals surface area contributed by atoms with Crippen molar-refractivity contribution in [2.75, 3.05) is 49.1 Å². The van der Waals surface area contributed by atoms with Crippen molar-refractivity contribution in [3.63, 3.8) is 0 Å². The lowest BCUT2D eigenvalue weighted by molar-refractivity contribution is 0.0603. The normalized spacial score (nSPS) is 18.8. The molecule has 4 heterocycles. The van der Waals surface area contributed by atoms with Gasteiger partial charge >= 0.3 is 0 Å². The van der Waals surface area contributed by atoms with Crippen molar-refractivity contribution < 1.29 is 19.2 Å². The molecule has 4 aliphatic heterocycles. The van der Waals surface area contributed by atoms with Gasteiger partial charge in [-0.15, -0.1) is 0 Å². The average Bonchev–Trinajstić information content (AvgIpc) is 3.09. The highest BCUT2D eigenvalue weighted by Crippen LogP contribution is 2.52. The Morgan fingerprint density at radius 2 is 0.826 bits per heavy atom. The number of piperidine rings is 2. The molecule has 9 rings (SSSR count). The molecule has 0 aromatic heterocycles. The van der Waals surface area contributed by atoms with Crippen LogP contribution < -0.4 is 9.80 Å². The second kappa shape index (κ2) is 9.89. The summed E-state index contributed by atoms with van der Waals surface area (Å²) in [5.41, 5.74) is 4.26. The minimum absolute atomic E-state index is 0.245. The lowest BCUT2D eigenvalue weighted by Crippen LogP contribution is -2.40. The van der Waals surface area contributed by atoms with Gasteiger partial charge in [0.2, 0.25) is 0 Å². The van der Waals surface area contributed by atoms with Crippen LogP contribution in [0.5, 0.6) is 0 Å². The Morgan fingerprint density at radius 1 is 0.457 bits per heavy atom. The molecule has 232 valence electrons. The van der Waals surface area contributed by atoms with Crippen LogP contribution in [0.4, 0.5) is 11.4 Å². The molecule has 0 N–H and O–H groups in total. The van der Waals surface area contributed by atoms with E-state index in [4.69, 9.17) is 0 Å². The Morgan fingerprint density at radius 3 is 1.20 bits per heavy atom. The van der Waals surface area contributed by atoms with Crippen LogP contribution in [0.3, 0.4) is 0 Å². The average molecular weight is 613 g/mol. The Kier molecular flexibility index (Phi) is 5.93. The summed E-state index contributed by atoms with van der Waals surface area (Å²) in [6.07, 6.45) is 6.60. The summed E-state index contributed by atoms with van der Waals surface area (Å²) in [5, 5.41) is 7.25. The van der Waals surface area contributed by atoms with Crippen molar-refractivity contribution in [3.8, 4) is 0 Å². The van der Waals surface area contributed by atoms with E-state index in [1.165, 1.54) is 22.6 Å². The van der Waals surface area contributed by atoms with E-state index in [-0.39, 0.29) is 23.6 Å². The van der Waals surface area contributed by atoms with E-state index in [9.17, 15) is 19.2 Å². The zero-order chi connectivity index (χ0) is 31.4. The SMILES string of the molecule is CCN1C(=O)c2ccc3c4c(N5CCCCC5)cc5c6c(ccc(c7c(N8CCCCC8)cc(c2c37)C1=O)c64)C(=O)N(CC)C5=O. The van der Waals surface area contributed by atoms with Crippen molar-refractivity contribution in [1.82, 2.24) is 9.80 Å². The minimum Gasteiger partial charge on any atom is -0.371 e. The summed E-state index contributed by atoms with van der Waals surface area (Å²) in [6.45, 7) is 7.84. The first-order chi connectivity index (χ1) is 22.4. The molecule has 46 heavy (non-hydrogen) atoms. The summed E-state index contributed by atoms with van der Waals surface area (Å²) in [5.74, 6) is -1.01. The van der Waals surface area contributed by atoms with Crippen molar-refractivity contribution in [2.24, 2.45) is 0 Å². The number of nitrogens with zero attached hydrogens (tertiary/aromatic N) is 4. The Hall–Kier alpha value is -4.72. The van der Waals surface area contributed by atoms with E-state index in [0.29, 0.717) is 35.3 Å². The maximum absolute atomic E-state index is 14.0. The van der Waals surface area contributed by atoms with Gasteiger partial charge in [-0.05, 0) is 87.4 Å². The molecule has 5 aromatic carbocycles. The van der Waals surface area contributed by atoms with Crippen LogP contribution in [0, 0.1) is 0 Å². The number of hydrogen-bond acceptors (Lipinski definition) is 6. The van der Waals surface area contributed by atoms with Gasteiger partial charge in [0.15, 0.2) is 0 Å². The number of imide groups is 2. The summed E-state index contributed by atoms with van der Waals surface area (Å²) < 4.78 is 0. The van der Waals surface area contributed by atoms with E-state index >= 15 is 0 Å². The second-order valence-electron chi connectivity index (χ2n) is 13.3. The molecule has 2 saturated heterocycles. The summed E-state index contributed by atoms with van der Waals surface area (Å²) >= 11 is 0. The molecule has 0 spiro atoms. The van der Waals surface area contributed by atoms with E-state index in [0.717, 1.165) is 106 Å². The van der Waals surface area contributed by atoms with E-state index in [1.54, 1.807) is 0 Å². The zero-order valence-electron chi connectivity index (χ0n) is 26.4. The molecular weight excluding hydrogens is 576 g/mol. The van der Waals surface area contributed by atoms with Gasteiger partial charge < -0.3 is 9.80 Å². The Balaban J connectivity index is 1.53. The molecule has 0 saturated carbocycles. The fourth-order valence-electron chi connectivity index (χ4n) is 8.87. The van der Waals surface area contributed by atoms with Gasteiger partial charge in [0, 0.05) is 94.1 Å². The molecule has 0 unspecified atom stereocenters. The second-order valence-corrected chi connectivity index (χ2v) is 13.3. The molecule has 8 nitrogen and oxygen atoms in total. The maximum atomic E-state index is 14.0. The number of fused-ring (bicyclic) bond motifs is 2. The van der Waals surface area contributed by atoms with Crippen LogP contribution >= 0.6 is 0 Å². The van der Waals surface area contributed by atoms with Crippen LogP contribution in [0.2, 0.25) is 0 Å². The number of amides is 4. The predicted molar refractivity (Wildman–Crippen MR) is 182 cm³/mol. The molecule has 0 radical (unpaired) electrons. The first kappa shape index (κ1) is 27.6. The van der Waals surface area contributed by atoms with Gasteiger partial charge in [0.1, 0.15) is 0 Å². The highest BCUT2D eigenvalue weighted by Gasteiger charge is 2.38. The third-order valence-electron chi connectivity index (χ3n) is 11.0. The molecule has 8 heteroatoms. The quantitative estimate of drug-likeness (QED) is 0.124. The molecule has 4 aliphatic rings. The molecule has 0 bridgehead atoms. The number of carbonyl (C=O) groups is 4. The van der Waals surface area contributed by atoms with Crippen molar-refractivity contribution in [1.29, 1.82) is 0 Å². The van der Waals surface area contributed by atoms with Crippen LogP contribution in [0.1, 0.15) is 93.8 Å². The van der Waals surface area contributed by atoms with Crippen LogP contribution in [-0.2, 0) is 0 Å². The summed E-state index contributed by atoms with van der Waals surface area (Å²) in [7, 11) is 0. The number of carbonyl (C=O) groups excluding carboxylic acids is 4. The number of anilines is 2. The summed E-state index contributed by atoms with van der Waals surface area (Å²) in [4.78, 5) is 63.1. The lowest BCUT2D eigenvalue weighted by Gasteiger charge is -2.36. The van der Waals surface area contributed by atoms with Crippen molar-refractivity contribution >= 4 is 78.1 Å². The molecule has 4 amide bonds. The number of hydrogen-bond donors (Lipinski definition) is 0. The van der Waals surface area contributed by atoms with Crippen molar-refractivity contribution in [2.45, 2.75) is 52.4 Å². The zero-order valence-corrected chi connectivity index (χ0v) is 26.4. The van der Waals surface area contributed by atoms with Gasteiger partial charge in [-0.2, -0.15) is 0 Å². The molecule has 0 atom stereocenters. The van der Waals surface area contributed by atoms with E-state index < -0.39 is 0 Å². The third-order valence-corrected chi connectivity index (χ3v) is 11.0. The Bertz CT molecular complexity index is 2040. The van der Waals surface area contributed by atoms with Gasteiger partial charge in [-0.1, -0.05) is 12.1 Å².